The standard InChI is InChI=1S/C31H43F2N5O4S/c1-22-18-26(41-3)19-23(2)28(22)43(39,40)38(25-4-5-25)16-17-42-29-34-13-8-27(35-29)36-14-11-30(12-15-36)9-6-24(7-10-30)37-20-31(32,33)21-37/h8,13,18-19,24-25H,4-7,9-12,14-17,20-21H2,1-3H3. The van der Waals surface area contributed by atoms with Crippen molar-refractivity contribution in [1.29, 1.82) is 0 Å². The first-order valence-electron chi connectivity index (χ1n) is 15.5. The minimum Gasteiger partial charge on any atom is -0.497 e. The zero-order chi connectivity index (χ0) is 30.4. The molecule has 3 heterocycles. The number of anilines is 1. The maximum absolute atomic E-state index is 13.7. The van der Waals surface area contributed by atoms with E-state index in [1.807, 2.05) is 11.0 Å². The highest BCUT2D eigenvalue weighted by Gasteiger charge is 2.49. The van der Waals surface area contributed by atoms with Gasteiger partial charge in [-0.1, -0.05) is 0 Å². The predicted octanol–water partition coefficient (Wildman–Crippen LogP) is 4.81. The molecule has 0 amide bonds. The Labute approximate surface area is 253 Å². The number of likely N-dealkylation sites (tertiary alicyclic amines) is 1. The molecular formula is C31H43F2N5O4S. The van der Waals surface area contributed by atoms with E-state index in [-0.39, 0.29) is 38.3 Å². The number of hydrogen-bond donors (Lipinski definition) is 0. The van der Waals surface area contributed by atoms with E-state index in [1.54, 1.807) is 43.6 Å². The number of halogens is 2. The molecule has 0 atom stereocenters. The summed E-state index contributed by atoms with van der Waals surface area (Å²) < 4.78 is 66.9. The average molecular weight is 620 g/mol. The van der Waals surface area contributed by atoms with Crippen LogP contribution in [0.4, 0.5) is 14.6 Å². The molecule has 2 saturated heterocycles. The van der Waals surface area contributed by atoms with Gasteiger partial charge in [0.2, 0.25) is 10.0 Å². The van der Waals surface area contributed by atoms with E-state index in [1.165, 1.54) is 0 Å². The highest BCUT2D eigenvalue weighted by molar-refractivity contribution is 7.89. The molecule has 12 heteroatoms. The normalized spacial score (nSPS) is 22.5. The molecule has 0 radical (unpaired) electrons. The Morgan fingerprint density at radius 3 is 2.26 bits per heavy atom. The molecule has 236 valence electrons. The van der Waals surface area contributed by atoms with Gasteiger partial charge in [-0.25, -0.2) is 22.2 Å². The number of aryl methyl sites for hydroxylation is 2. The van der Waals surface area contributed by atoms with Gasteiger partial charge in [0.25, 0.3) is 5.92 Å². The Bertz CT molecular complexity index is 1390. The summed E-state index contributed by atoms with van der Waals surface area (Å²) in [6.45, 7) is 5.59. The summed E-state index contributed by atoms with van der Waals surface area (Å²) >= 11 is 0. The van der Waals surface area contributed by atoms with Crippen molar-refractivity contribution in [2.24, 2.45) is 5.41 Å². The Hall–Kier alpha value is -2.57. The lowest BCUT2D eigenvalue weighted by molar-refractivity contribution is -0.153. The summed E-state index contributed by atoms with van der Waals surface area (Å²) in [6.07, 6.45) is 9.71. The Balaban J connectivity index is 1.03. The lowest BCUT2D eigenvalue weighted by Crippen LogP contribution is -2.61. The van der Waals surface area contributed by atoms with Crippen molar-refractivity contribution in [1.82, 2.24) is 19.2 Å². The Morgan fingerprint density at radius 1 is 1.02 bits per heavy atom. The van der Waals surface area contributed by atoms with E-state index in [4.69, 9.17) is 9.47 Å². The van der Waals surface area contributed by atoms with Gasteiger partial charge in [-0.15, -0.1) is 0 Å². The van der Waals surface area contributed by atoms with Gasteiger partial charge in [-0.3, -0.25) is 4.90 Å². The van der Waals surface area contributed by atoms with Crippen LogP contribution in [0.25, 0.3) is 0 Å². The van der Waals surface area contributed by atoms with Gasteiger partial charge >= 0.3 is 6.01 Å². The van der Waals surface area contributed by atoms with Crippen molar-refractivity contribution >= 4 is 15.8 Å². The van der Waals surface area contributed by atoms with Crippen molar-refractivity contribution < 1.29 is 26.7 Å². The first-order chi connectivity index (χ1) is 20.5. The fourth-order valence-electron chi connectivity index (χ4n) is 7.31. The van der Waals surface area contributed by atoms with Crippen LogP contribution >= 0.6 is 0 Å². The molecule has 1 aromatic carbocycles. The highest BCUT2D eigenvalue weighted by Crippen LogP contribution is 2.47. The van der Waals surface area contributed by atoms with Crippen molar-refractivity contribution in [3.63, 3.8) is 0 Å². The summed E-state index contributed by atoms with van der Waals surface area (Å²) in [5.74, 6) is -1.04. The van der Waals surface area contributed by atoms with Crippen LogP contribution in [0.2, 0.25) is 0 Å². The fourth-order valence-corrected chi connectivity index (χ4v) is 9.40. The molecule has 0 unspecified atom stereocenters. The third-order valence-corrected chi connectivity index (χ3v) is 12.2. The predicted molar refractivity (Wildman–Crippen MR) is 160 cm³/mol. The largest absolute Gasteiger partial charge is 0.497 e. The molecule has 2 saturated carbocycles. The molecule has 4 aliphatic rings. The first kappa shape index (κ1) is 30.5. The average Bonchev–Trinajstić information content (AvgIpc) is 3.79. The van der Waals surface area contributed by atoms with E-state index in [0.717, 1.165) is 70.3 Å². The number of ether oxygens (including phenoxy) is 2. The molecule has 2 aliphatic carbocycles. The smallest absolute Gasteiger partial charge is 0.318 e. The third kappa shape index (κ3) is 6.47. The number of hydrogen-bond acceptors (Lipinski definition) is 8. The number of sulfonamides is 1. The molecule has 2 aliphatic heterocycles. The maximum Gasteiger partial charge on any atom is 0.318 e. The van der Waals surface area contributed by atoms with Crippen molar-refractivity contribution in [2.75, 3.05) is 51.3 Å². The summed E-state index contributed by atoms with van der Waals surface area (Å²) in [6, 6.07) is 5.93. The summed E-state index contributed by atoms with van der Waals surface area (Å²) in [5, 5.41) is 0. The SMILES string of the molecule is COc1cc(C)c(S(=O)(=O)N(CCOc2nccc(N3CCC4(CCC(N5CC(F)(F)C5)CC4)CC3)n2)C2CC2)c(C)c1. The van der Waals surface area contributed by atoms with Crippen molar-refractivity contribution in [3.05, 3.63) is 35.5 Å². The zero-order valence-corrected chi connectivity index (χ0v) is 26.2. The number of methoxy groups -OCH3 is 1. The monoisotopic (exact) mass is 619 g/mol. The summed E-state index contributed by atoms with van der Waals surface area (Å²) in [5.41, 5.74) is 1.62. The van der Waals surface area contributed by atoms with Gasteiger partial charge in [0.05, 0.1) is 25.1 Å². The molecule has 1 aromatic heterocycles. The molecule has 0 N–H and O–H groups in total. The van der Waals surface area contributed by atoms with Gasteiger partial charge < -0.3 is 14.4 Å². The number of nitrogens with zero attached hydrogens (tertiary/aromatic N) is 5. The van der Waals surface area contributed by atoms with Crippen LogP contribution < -0.4 is 14.4 Å². The fraction of sp³-hybridized carbons (Fsp3) is 0.677. The number of piperidine rings is 1. The van der Waals surface area contributed by atoms with Gasteiger partial charge in [0, 0.05) is 37.9 Å². The van der Waals surface area contributed by atoms with Gasteiger partial charge in [0.15, 0.2) is 0 Å². The van der Waals surface area contributed by atoms with Crippen LogP contribution in [-0.4, -0.2) is 92.0 Å². The maximum atomic E-state index is 13.7. The van der Waals surface area contributed by atoms with Crippen LogP contribution in [0, 0.1) is 19.3 Å². The van der Waals surface area contributed by atoms with E-state index in [9.17, 15) is 17.2 Å². The van der Waals surface area contributed by atoms with Crippen molar-refractivity contribution in [2.45, 2.75) is 88.1 Å². The van der Waals surface area contributed by atoms with E-state index >= 15 is 0 Å². The molecule has 2 aromatic rings. The second kappa shape index (κ2) is 11.7. The number of rotatable bonds is 10. The number of aromatic nitrogens is 2. The zero-order valence-electron chi connectivity index (χ0n) is 25.4. The van der Waals surface area contributed by atoms with Crippen molar-refractivity contribution in [3.8, 4) is 11.8 Å². The molecule has 0 bridgehead atoms. The van der Waals surface area contributed by atoms with E-state index in [2.05, 4.69) is 14.9 Å². The molecule has 43 heavy (non-hydrogen) atoms. The van der Waals surface area contributed by atoms with Crippen LogP contribution in [-0.2, 0) is 10.0 Å². The van der Waals surface area contributed by atoms with Crippen LogP contribution in [0.15, 0.2) is 29.3 Å². The van der Waals surface area contributed by atoms with Crippen LogP contribution in [0.5, 0.6) is 11.8 Å². The van der Waals surface area contributed by atoms with Gasteiger partial charge in [-0.2, -0.15) is 9.29 Å². The van der Waals surface area contributed by atoms with Gasteiger partial charge in [-0.05, 0) is 100.0 Å². The summed E-state index contributed by atoms with van der Waals surface area (Å²) in [4.78, 5) is 13.5. The molecule has 9 nitrogen and oxygen atoms in total. The molecule has 6 rings (SSSR count). The third-order valence-electron chi connectivity index (χ3n) is 9.90. The van der Waals surface area contributed by atoms with Gasteiger partial charge in [0.1, 0.15) is 18.2 Å². The van der Waals surface area contributed by atoms with E-state index < -0.39 is 15.9 Å². The minimum absolute atomic E-state index is 0.0238. The number of alkyl halides is 2. The second-order valence-corrected chi connectivity index (χ2v) is 14.8. The molecule has 1 spiro atoms. The summed E-state index contributed by atoms with van der Waals surface area (Å²) in [7, 11) is -2.14. The second-order valence-electron chi connectivity index (χ2n) is 13.0. The Kier molecular flexibility index (Phi) is 8.31. The first-order valence-corrected chi connectivity index (χ1v) is 16.9. The van der Waals surface area contributed by atoms with E-state index in [0.29, 0.717) is 33.2 Å². The quantitative estimate of drug-likeness (QED) is 0.375. The molecular weight excluding hydrogens is 576 g/mol. The lowest BCUT2D eigenvalue weighted by atomic mass is 9.66. The minimum atomic E-state index is -3.72. The topological polar surface area (TPSA) is 88.1 Å². The Morgan fingerprint density at radius 2 is 1.67 bits per heavy atom. The van der Waals surface area contributed by atoms with Crippen LogP contribution in [0.1, 0.15) is 62.5 Å². The highest BCUT2D eigenvalue weighted by atomic mass is 32.2. The number of benzene rings is 1. The molecule has 4 fully saturated rings. The van der Waals surface area contributed by atoms with Crippen LogP contribution in [0.3, 0.4) is 0 Å². The lowest BCUT2D eigenvalue weighted by Gasteiger charge is -2.51.